The summed E-state index contributed by atoms with van der Waals surface area (Å²) in [5.74, 6) is -0.147. The molecule has 10 nitrogen and oxygen atoms in total. The molecule has 0 saturated carbocycles. The Balaban J connectivity index is 1.57. The molecule has 0 aromatic carbocycles. The van der Waals surface area contributed by atoms with Crippen LogP contribution in [0.25, 0.3) is 0 Å². The maximum absolute atomic E-state index is 13.7. The average molecular weight is 668 g/mol. The maximum Gasteiger partial charge on any atom is 0.410 e. The number of ether oxygens (including phenoxy) is 3. The second kappa shape index (κ2) is 17.0. The third-order valence-electron chi connectivity index (χ3n) is 7.67. The molecule has 1 aromatic rings. The van der Waals surface area contributed by atoms with Crippen molar-refractivity contribution in [3.05, 3.63) is 22.4 Å². The van der Waals surface area contributed by atoms with Crippen molar-refractivity contribution in [1.29, 1.82) is 0 Å². The van der Waals surface area contributed by atoms with Crippen LogP contribution >= 0.6 is 23.1 Å². The molecule has 2 amide bonds. The van der Waals surface area contributed by atoms with Crippen LogP contribution in [0.3, 0.4) is 0 Å². The van der Waals surface area contributed by atoms with E-state index >= 15 is 0 Å². The molecule has 12 heteroatoms. The molecule has 3 rings (SSSR count). The van der Waals surface area contributed by atoms with E-state index in [1.807, 2.05) is 38.3 Å². The van der Waals surface area contributed by atoms with Crippen molar-refractivity contribution in [2.24, 2.45) is 5.92 Å². The Hall–Kier alpha value is -2.31. The number of hydrogen-bond acceptors (Lipinski definition) is 10. The van der Waals surface area contributed by atoms with Crippen LogP contribution in [-0.4, -0.2) is 94.9 Å². The van der Waals surface area contributed by atoms with Gasteiger partial charge in [-0.1, -0.05) is 25.3 Å². The molecule has 2 aliphatic heterocycles. The first kappa shape index (κ1) is 37.2. The normalized spacial score (nSPS) is 20.8. The van der Waals surface area contributed by atoms with Gasteiger partial charge in [-0.15, -0.1) is 23.1 Å². The van der Waals surface area contributed by atoms with Crippen molar-refractivity contribution in [2.75, 3.05) is 38.5 Å². The van der Waals surface area contributed by atoms with Crippen LogP contribution in [0, 0.1) is 5.92 Å². The van der Waals surface area contributed by atoms with E-state index in [1.54, 1.807) is 49.3 Å². The number of amides is 2. The Morgan fingerprint density at radius 2 is 1.73 bits per heavy atom. The van der Waals surface area contributed by atoms with E-state index in [1.165, 1.54) is 11.3 Å². The minimum atomic E-state index is -0.657. The number of likely N-dealkylation sites (tertiary alicyclic amines) is 1. The quantitative estimate of drug-likeness (QED) is 0.168. The van der Waals surface area contributed by atoms with Crippen LogP contribution < -0.4 is 5.32 Å². The van der Waals surface area contributed by atoms with Crippen LogP contribution in [0.4, 0.5) is 4.79 Å². The number of thioether (sulfide) groups is 1. The lowest BCUT2D eigenvalue weighted by atomic mass is 9.91. The summed E-state index contributed by atoms with van der Waals surface area (Å²) in [6.45, 7) is 14.7. The largest absolute Gasteiger partial charge is 0.465 e. The van der Waals surface area contributed by atoms with Gasteiger partial charge in [0, 0.05) is 30.3 Å². The Labute approximate surface area is 277 Å². The van der Waals surface area contributed by atoms with Crippen molar-refractivity contribution in [3.63, 3.8) is 0 Å². The van der Waals surface area contributed by atoms with Crippen LogP contribution in [0.1, 0.15) is 97.8 Å². The van der Waals surface area contributed by atoms with Gasteiger partial charge in [-0.3, -0.25) is 19.7 Å². The number of rotatable bonds is 12. The zero-order chi connectivity index (χ0) is 33.2. The van der Waals surface area contributed by atoms with Gasteiger partial charge in [-0.2, -0.15) is 0 Å². The van der Waals surface area contributed by atoms with Gasteiger partial charge >= 0.3 is 18.0 Å². The van der Waals surface area contributed by atoms with Crippen LogP contribution in [0.5, 0.6) is 0 Å². The first-order valence-corrected chi connectivity index (χ1v) is 18.1. The molecular weight excluding hydrogens is 615 g/mol. The minimum absolute atomic E-state index is 0.106. The van der Waals surface area contributed by atoms with Crippen LogP contribution in [-0.2, 0) is 28.6 Å². The van der Waals surface area contributed by atoms with Crippen molar-refractivity contribution in [2.45, 2.75) is 116 Å². The molecular formula is C33H53N3O7S2. The number of thiophene rings is 1. The molecule has 2 fully saturated rings. The smallest absolute Gasteiger partial charge is 0.410 e. The Morgan fingerprint density at radius 3 is 2.33 bits per heavy atom. The summed E-state index contributed by atoms with van der Waals surface area (Å²) in [7, 11) is 0. The van der Waals surface area contributed by atoms with E-state index in [-0.39, 0.29) is 49.0 Å². The Kier molecular flexibility index (Phi) is 14.0. The number of carbonyl (C=O) groups is 4. The van der Waals surface area contributed by atoms with Gasteiger partial charge in [0.1, 0.15) is 23.8 Å². The molecule has 1 aromatic heterocycles. The van der Waals surface area contributed by atoms with Gasteiger partial charge in [0.05, 0.1) is 17.9 Å². The highest BCUT2D eigenvalue weighted by Gasteiger charge is 2.36. The fraction of sp³-hybridized carbons (Fsp3) is 0.758. The topological polar surface area (TPSA) is 114 Å². The molecule has 1 unspecified atom stereocenters. The lowest BCUT2D eigenvalue weighted by Gasteiger charge is -2.33. The number of piperidine rings is 1. The van der Waals surface area contributed by atoms with Gasteiger partial charge in [0.15, 0.2) is 0 Å². The highest BCUT2D eigenvalue weighted by molar-refractivity contribution is 8.00. The molecule has 254 valence electrons. The molecule has 2 saturated heterocycles. The summed E-state index contributed by atoms with van der Waals surface area (Å²) in [6, 6.07) is 3.36. The first-order chi connectivity index (χ1) is 21.1. The highest BCUT2D eigenvalue weighted by Crippen LogP contribution is 2.32. The monoisotopic (exact) mass is 667 g/mol. The predicted octanol–water partition coefficient (Wildman–Crippen LogP) is 5.80. The van der Waals surface area contributed by atoms with Gasteiger partial charge < -0.3 is 24.0 Å². The molecule has 0 radical (unpaired) electrons. The number of nitrogens with one attached hydrogen (secondary N) is 1. The fourth-order valence-corrected chi connectivity index (χ4v) is 7.78. The van der Waals surface area contributed by atoms with Crippen molar-refractivity contribution in [1.82, 2.24) is 15.1 Å². The molecule has 3 atom stereocenters. The van der Waals surface area contributed by atoms with Gasteiger partial charge in [-0.05, 0) is 85.1 Å². The van der Waals surface area contributed by atoms with Crippen molar-refractivity contribution < 1.29 is 33.4 Å². The molecule has 45 heavy (non-hydrogen) atoms. The van der Waals surface area contributed by atoms with E-state index in [0.717, 1.165) is 37.0 Å². The summed E-state index contributed by atoms with van der Waals surface area (Å²) in [5.41, 5.74) is -1.15. The summed E-state index contributed by atoms with van der Waals surface area (Å²) < 4.78 is 16.5. The zero-order valence-electron chi connectivity index (χ0n) is 28.1. The summed E-state index contributed by atoms with van der Waals surface area (Å²) in [4.78, 5) is 56.2. The van der Waals surface area contributed by atoms with E-state index in [0.29, 0.717) is 31.2 Å². The molecule has 2 aliphatic rings. The number of hydrogen-bond donors (Lipinski definition) is 1. The number of carbonyl (C=O) groups excluding carboxylic acids is 4. The lowest BCUT2D eigenvalue weighted by molar-refractivity contribution is -0.159. The minimum Gasteiger partial charge on any atom is -0.465 e. The number of nitrogens with zero attached hydrogens (tertiary/aromatic N) is 2. The third-order valence-corrected chi connectivity index (χ3v) is 9.87. The van der Waals surface area contributed by atoms with Crippen LogP contribution in [0.15, 0.2) is 17.5 Å². The van der Waals surface area contributed by atoms with E-state index in [9.17, 15) is 19.2 Å². The van der Waals surface area contributed by atoms with Gasteiger partial charge in [0.2, 0.25) is 5.91 Å². The molecule has 1 N–H and O–H groups in total. The van der Waals surface area contributed by atoms with E-state index in [4.69, 9.17) is 14.2 Å². The molecule has 3 heterocycles. The molecule has 0 spiro atoms. The Bertz CT molecular complexity index is 1110. The highest BCUT2D eigenvalue weighted by atomic mass is 32.2. The first-order valence-electron chi connectivity index (χ1n) is 16.2. The van der Waals surface area contributed by atoms with E-state index in [2.05, 4.69) is 5.32 Å². The van der Waals surface area contributed by atoms with Gasteiger partial charge in [0.25, 0.3) is 0 Å². The van der Waals surface area contributed by atoms with Crippen molar-refractivity contribution in [3.8, 4) is 0 Å². The summed E-state index contributed by atoms with van der Waals surface area (Å²) >= 11 is 3.13. The molecule has 0 bridgehead atoms. The van der Waals surface area contributed by atoms with Crippen molar-refractivity contribution >= 4 is 47.0 Å². The second-order valence-electron chi connectivity index (χ2n) is 13.9. The molecule has 0 aliphatic carbocycles. The second-order valence-corrected chi connectivity index (χ2v) is 16.1. The average Bonchev–Trinajstić information content (AvgIpc) is 3.42. The standard InChI is InChI=1S/C33H53N3O7S2/c1-8-41-30(39)25(13-10-9-12-23-15-17-35(18-16-23)31(40)43-33(5,6)7)34-27-20-36(21-28(37)42-32(2,3)4)29(38)24(22-45-27)26-14-11-19-44-26/h11,14,19,23-25,27,34H,8-10,12-13,15-18,20-22H2,1-7H3/t24-,25?,27+/m1/s1. The van der Waals surface area contributed by atoms with Crippen LogP contribution in [0.2, 0.25) is 0 Å². The Morgan fingerprint density at radius 1 is 1.04 bits per heavy atom. The third kappa shape index (κ3) is 12.8. The maximum atomic E-state index is 13.7. The van der Waals surface area contributed by atoms with E-state index < -0.39 is 23.2 Å². The van der Waals surface area contributed by atoms with Gasteiger partial charge in [-0.25, -0.2) is 4.79 Å². The summed E-state index contributed by atoms with van der Waals surface area (Å²) in [5, 5.41) is 5.18. The number of unbranched alkanes of at least 4 members (excludes halogenated alkanes) is 1. The zero-order valence-corrected chi connectivity index (χ0v) is 29.7. The fourth-order valence-electron chi connectivity index (χ4n) is 5.56. The lowest BCUT2D eigenvalue weighted by Crippen LogP contribution is -2.49. The SMILES string of the molecule is CCOC(=O)C(CCCCC1CCN(C(=O)OC(C)(C)C)CC1)N[C@@H]1CN(CC(=O)OC(C)(C)C)C(=O)[C@@H](c2cccs2)CS1. The predicted molar refractivity (Wildman–Crippen MR) is 178 cm³/mol. The number of esters is 2. The summed E-state index contributed by atoms with van der Waals surface area (Å²) in [6.07, 6.45) is 5.12.